The largest absolute Gasteiger partial charge is 0.350 e. The number of nitrogens with one attached hydrogen (secondary N) is 1. The Morgan fingerprint density at radius 2 is 1.68 bits per heavy atom. The van der Waals surface area contributed by atoms with E-state index in [0.29, 0.717) is 6.42 Å². The van der Waals surface area contributed by atoms with E-state index in [2.05, 4.69) is 73.8 Å². The van der Waals surface area contributed by atoms with Gasteiger partial charge in [-0.1, -0.05) is 73.7 Å². The van der Waals surface area contributed by atoms with Crippen molar-refractivity contribution in [1.82, 2.24) is 5.32 Å². The van der Waals surface area contributed by atoms with Crippen LogP contribution in [0.15, 0.2) is 66.7 Å². The van der Waals surface area contributed by atoms with E-state index in [4.69, 9.17) is 0 Å². The average Bonchev–Trinajstić information content (AvgIpc) is 2.66. The Morgan fingerprint density at radius 3 is 2.52 bits per heavy atom. The Kier molecular flexibility index (Phi) is 5.49. The Labute approximate surface area is 149 Å². The van der Waals surface area contributed by atoms with Crippen LogP contribution >= 0.6 is 0 Å². The quantitative estimate of drug-likeness (QED) is 0.660. The number of hydrogen-bond donors (Lipinski definition) is 1. The van der Waals surface area contributed by atoms with Crippen LogP contribution in [-0.4, -0.2) is 5.91 Å². The van der Waals surface area contributed by atoms with Gasteiger partial charge < -0.3 is 5.32 Å². The van der Waals surface area contributed by atoms with Gasteiger partial charge >= 0.3 is 0 Å². The fourth-order valence-electron chi connectivity index (χ4n) is 3.28. The maximum Gasteiger partial charge on any atom is 0.220 e. The summed E-state index contributed by atoms with van der Waals surface area (Å²) in [6.07, 6.45) is 2.32. The first-order chi connectivity index (χ1) is 12.2. The lowest BCUT2D eigenvalue weighted by atomic mass is 9.99. The predicted molar refractivity (Wildman–Crippen MR) is 105 cm³/mol. The lowest BCUT2D eigenvalue weighted by molar-refractivity contribution is -0.121. The van der Waals surface area contributed by atoms with Crippen LogP contribution < -0.4 is 5.32 Å². The van der Waals surface area contributed by atoms with Crippen molar-refractivity contribution >= 4 is 16.7 Å². The number of fused-ring (bicyclic) bond motifs is 1. The van der Waals surface area contributed by atoms with Crippen LogP contribution in [0.2, 0.25) is 0 Å². The van der Waals surface area contributed by atoms with Crippen molar-refractivity contribution in [3.05, 3.63) is 83.4 Å². The second-order valence-corrected chi connectivity index (χ2v) is 6.53. The van der Waals surface area contributed by atoms with E-state index < -0.39 is 0 Å². The fraction of sp³-hybridized carbons (Fsp3) is 0.261. The summed E-state index contributed by atoms with van der Waals surface area (Å²) in [5.41, 5.74) is 3.72. The summed E-state index contributed by atoms with van der Waals surface area (Å²) in [4.78, 5) is 12.4. The number of aryl methyl sites for hydroxylation is 2. The number of hydrogen-bond acceptors (Lipinski definition) is 1. The van der Waals surface area contributed by atoms with Crippen LogP contribution in [-0.2, 0) is 17.6 Å². The third kappa shape index (κ3) is 4.27. The zero-order chi connectivity index (χ0) is 17.6. The number of benzene rings is 3. The normalized spacial score (nSPS) is 12.1. The van der Waals surface area contributed by atoms with Crippen molar-refractivity contribution in [3.8, 4) is 0 Å². The molecule has 2 heteroatoms. The number of rotatable bonds is 6. The smallest absolute Gasteiger partial charge is 0.220 e. The molecule has 0 aliphatic rings. The molecule has 25 heavy (non-hydrogen) atoms. The molecular weight excluding hydrogens is 306 g/mol. The van der Waals surface area contributed by atoms with E-state index in [1.165, 1.54) is 27.5 Å². The highest BCUT2D eigenvalue weighted by Gasteiger charge is 2.12. The lowest BCUT2D eigenvalue weighted by Crippen LogP contribution is -2.27. The summed E-state index contributed by atoms with van der Waals surface area (Å²) >= 11 is 0. The van der Waals surface area contributed by atoms with Crippen LogP contribution in [0.3, 0.4) is 0 Å². The van der Waals surface area contributed by atoms with E-state index in [9.17, 15) is 4.79 Å². The van der Waals surface area contributed by atoms with Gasteiger partial charge in [0.05, 0.1) is 6.04 Å². The summed E-state index contributed by atoms with van der Waals surface area (Å²) in [6, 6.07) is 23.1. The third-order valence-corrected chi connectivity index (χ3v) is 4.71. The number of carbonyl (C=O) groups excluding carboxylic acids is 1. The standard InChI is InChI=1S/C23H25NO/c1-3-18-8-6-9-19(16-18)14-15-23(25)24-17(2)21-13-7-11-20-10-4-5-12-22(20)21/h4-13,16-17H,3,14-15H2,1-2H3,(H,24,25). The van der Waals surface area contributed by atoms with E-state index in [1.807, 2.05) is 12.1 Å². The molecule has 3 rings (SSSR count). The summed E-state index contributed by atoms with van der Waals surface area (Å²) in [6.45, 7) is 4.20. The van der Waals surface area contributed by atoms with Gasteiger partial charge in [-0.05, 0) is 47.2 Å². The average molecular weight is 331 g/mol. The van der Waals surface area contributed by atoms with Gasteiger partial charge in [-0.15, -0.1) is 0 Å². The SMILES string of the molecule is CCc1cccc(CCC(=O)NC(C)c2cccc3ccccc23)c1. The van der Waals surface area contributed by atoms with Gasteiger partial charge in [0.15, 0.2) is 0 Å². The zero-order valence-electron chi connectivity index (χ0n) is 15.0. The van der Waals surface area contributed by atoms with Crippen LogP contribution in [0.1, 0.15) is 43.0 Å². The van der Waals surface area contributed by atoms with Crippen molar-refractivity contribution in [3.63, 3.8) is 0 Å². The molecule has 0 radical (unpaired) electrons. The van der Waals surface area contributed by atoms with Gasteiger partial charge in [0.25, 0.3) is 0 Å². The minimum Gasteiger partial charge on any atom is -0.350 e. The van der Waals surface area contributed by atoms with Crippen molar-refractivity contribution in [2.24, 2.45) is 0 Å². The Balaban J connectivity index is 1.64. The predicted octanol–water partition coefficient (Wildman–Crippen LogP) is 5.21. The van der Waals surface area contributed by atoms with Gasteiger partial charge in [0.1, 0.15) is 0 Å². The van der Waals surface area contributed by atoms with Crippen molar-refractivity contribution < 1.29 is 4.79 Å². The highest BCUT2D eigenvalue weighted by atomic mass is 16.1. The fourth-order valence-corrected chi connectivity index (χ4v) is 3.28. The van der Waals surface area contributed by atoms with Crippen LogP contribution in [0, 0.1) is 0 Å². The molecule has 0 bridgehead atoms. The molecule has 0 saturated carbocycles. The maximum atomic E-state index is 12.4. The van der Waals surface area contributed by atoms with Gasteiger partial charge in [0, 0.05) is 6.42 Å². The molecule has 2 nitrogen and oxygen atoms in total. The molecule has 3 aromatic rings. The van der Waals surface area contributed by atoms with Gasteiger partial charge in [-0.3, -0.25) is 4.79 Å². The molecule has 0 heterocycles. The van der Waals surface area contributed by atoms with Crippen LogP contribution in [0.4, 0.5) is 0 Å². The molecule has 0 saturated heterocycles. The van der Waals surface area contributed by atoms with E-state index in [0.717, 1.165) is 12.8 Å². The van der Waals surface area contributed by atoms with Gasteiger partial charge in [-0.25, -0.2) is 0 Å². The van der Waals surface area contributed by atoms with Crippen molar-refractivity contribution in [2.75, 3.05) is 0 Å². The monoisotopic (exact) mass is 331 g/mol. The highest BCUT2D eigenvalue weighted by molar-refractivity contribution is 5.86. The minimum atomic E-state index is 0.000533. The molecular formula is C23H25NO. The van der Waals surface area contributed by atoms with Gasteiger partial charge in [0.2, 0.25) is 5.91 Å². The third-order valence-electron chi connectivity index (χ3n) is 4.71. The van der Waals surface area contributed by atoms with E-state index in [-0.39, 0.29) is 11.9 Å². The Hall–Kier alpha value is -2.61. The molecule has 128 valence electrons. The Bertz CT molecular complexity index is 863. The van der Waals surface area contributed by atoms with E-state index >= 15 is 0 Å². The molecule has 0 aliphatic carbocycles. The second kappa shape index (κ2) is 7.98. The van der Waals surface area contributed by atoms with Crippen LogP contribution in [0.25, 0.3) is 10.8 Å². The Morgan fingerprint density at radius 1 is 0.960 bits per heavy atom. The minimum absolute atomic E-state index is 0.000533. The first-order valence-electron chi connectivity index (χ1n) is 9.02. The molecule has 1 N–H and O–H groups in total. The number of amides is 1. The molecule has 1 amide bonds. The highest BCUT2D eigenvalue weighted by Crippen LogP contribution is 2.24. The molecule has 1 atom stereocenters. The summed E-state index contributed by atoms with van der Waals surface area (Å²) in [5.74, 6) is 0.0994. The van der Waals surface area contributed by atoms with Crippen molar-refractivity contribution in [2.45, 2.75) is 39.2 Å². The summed E-state index contributed by atoms with van der Waals surface area (Å²) in [7, 11) is 0. The maximum absolute atomic E-state index is 12.4. The topological polar surface area (TPSA) is 29.1 Å². The molecule has 0 aromatic heterocycles. The van der Waals surface area contributed by atoms with Gasteiger partial charge in [-0.2, -0.15) is 0 Å². The van der Waals surface area contributed by atoms with Crippen molar-refractivity contribution in [1.29, 1.82) is 0 Å². The first-order valence-corrected chi connectivity index (χ1v) is 9.02. The molecule has 0 fully saturated rings. The number of carbonyl (C=O) groups is 1. The summed E-state index contributed by atoms with van der Waals surface area (Å²) in [5, 5.41) is 5.56. The van der Waals surface area contributed by atoms with E-state index in [1.54, 1.807) is 0 Å². The van der Waals surface area contributed by atoms with Crippen LogP contribution in [0.5, 0.6) is 0 Å². The first kappa shape index (κ1) is 17.2. The summed E-state index contributed by atoms with van der Waals surface area (Å²) < 4.78 is 0. The molecule has 3 aromatic carbocycles. The molecule has 1 unspecified atom stereocenters. The molecule has 0 spiro atoms. The lowest BCUT2D eigenvalue weighted by Gasteiger charge is -2.17. The zero-order valence-corrected chi connectivity index (χ0v) is 15.0. The molecule has 0 aliphatic heterocycles. The second-order valence-electron chi connectivity index (χ2n) is 6.53.